The fraction of sp³-hybridized carbons (Fsp3) is 0.308. The third-order valence-corrected chi connectivity index (χ3v) is 4.72. The zero-order valence-electron chi connectivity index (χ0n) is 11.7. The molecule has 0 aliphatic carbocycles. The van der Waals surface area contributed by atoms with Gasteiger partial charge in [0.05, 0.1) is 12.2 Å². The summed E-state index contributed by atoms with van der Waals surface area (Å²) in [5, 5.41) is 2.21. The van der Waals surface area contributed by atoms with Gasteiger partial charge >= 0.3 is 5.97 Å². The van der Waals surface area contributed by atoms with E-state index in [4.69, 9.17) is 0 Å². The molecule has 2 amide bonds. The van der Waals surface area contributed by atoms with Crippen molar-refractivity contribution in [2.45, 2.75) is 11.8 Å². The Balaban J connectivity index is 2.07. The van der Waals surface area contributed by atoms with E-state index in [1.165, 1.54) is 24.3 Å². The highest BCUT2D eigenvalue weighted by atomic mass is 32.2. The van der Waals surface area contributed by atoms with Crippen molar-refractivity contribution in [1.29, 1.82) is 0 Å². The Morgan fingerprint density at radius 2 is 1.95 bits per heavy atom. The molecule has 0 radical (unpaired) electrons. The first-order valence-electron chi connectivity index (χ1n) is 6.46. The summed E-state index contributed by atoms with van der Waals surface area (Å²) in [6, 6.07) is 5.72. The van der Waals surface area contributed by atoms with E-state index in [0.29, 0.717) is 4.31 Å². The molecule has 1 aromatic carbocycles. The van der Waals surface area contributed by atoms with E-state index >= 15 is 0 Å². The normalized spacial score (nSPS) is 15.3. The maximum absolute atomic E-state index is 12.2. The second kappa shape index (κ2) is 6.14. The minimum Gasteiger partial charge on any atom is -0.465 e. The number of rotatable bonds is 5. The highest BCUT2D eigenvalue weighted by Crippen LogP contribution is 2.29. The summed E-state index contributed by atoms with van der Waals surface area (Å²) in [5.74, 6) is -2.17. The molecule has 22 heavy (non-hydrogen) atoms. The highest BCUT2D eigenvalue weighted by Gasteiger charge is 2.41. The van der Waals surface area contributed by atoms with Gasteiger partial charge in [0.2, 0.25) is 5.91 Å². The van der Waals surface area contributed by atoms with Crippen molar-refractivity contribution < 1.29 is 27.5 Å². The fourth-order valence-electron chi connectivity index (χ4n) is 1.96. The van der Waals surface area contributed by atoms with Crippen LogP contribution in [0.25, 0.3) is 0 Å². The van der Waals surface area contributed by atoms with Crippen molar-refractivity contribution in [3.05, 3.63) is 29.8 Å². The summed E-state index contributed by atoms with van der Waals surface area (Å²) in [4.78, 5) is 34.8. The minimum atomic E-state index is -4.03. The van der Waals surface area contributed by atoms with Gasteiger partial charge in [0.1, 0.15) is 18.0 Å². The summed E-state index contributed by atoms with van der Waals surface area (Å²) in [5.41, 5.74) is 0.0284. The molecule has 1 heterocycles. The van der Waals surface area contributed by atoms with Crippen molar-refractivity contribution in [2.75, 3.05) is 19.7 Å². The lowest BCUT2D eigenvalue weighted by atomic mass is 10.2. The molecular weight excluding hydrogens is 312 g/mol. The van der Waals surface area contributed by atoms with Gasteiger partial charge in [0.15, 0.2) is 0 Å². The number of amides is 2. The van der Waals surface area contributed by atoms with Gasteiger partial charge < -0.3 is 10.1 Å². The summed E-state index contributed by atoms with van der Waals surface area (Å²) in [6.07, 6.45) is 0. The number of carbonyl (C=O) groups excluding carboxylic acids is 3. The number of ether oxygens (including phenoxy) is 1. The van der Waals surface area contributed by atoms with E-state index in [1.54, 1.807) is 6.92 Å². The number of fused-ring (bicyclic) bond motifs is 1. The topological polar surface area (TPSA) is 110 Å². The molecule has 0 saturated carbocycles. The molecule has 1 aliphatic rings. The zero-order valence-corrected chi connectivity index (χ0v) is 12.6. The van der Waals surface area contributed by atoms with Crippen molar-refractivity contribution in [3.63, 3.8) is 0 Å². The Morgan fingerprint density at radius 3 is 2.59 bits per heavy atom. The van der Waals surface area contributed by atoms with Crippen molar-refractivity contribution in [3.8, 4) is 0 Å². The summed E-state index contributed by atoms with van der Waals surface area (Å²) < 4.78 is 29.5. The number of benzene rings is 1. The Morgan fingerprint density at radius 1 is 1.27 bits per heavy atom. The second-order valence-electron chi connectivity index (χ2n) is 4.39. The monoisotopic (exact) mass is 326 g/mol. The van der Waals surface area contributed by atoms with E-state index in [1.807, 2.05) is 0 Å². The lowest BCUT2D eigenvalue weighted by Crippen LogP contribution is -2.42. The van der Waals surface area contributed by atoms with Gasteiger partial charge in [-0.05, 0) is 19.1 Å². The predicted molar refractivity (Wildman–Crippen MR) is 74.3 cm³/mol. The third-order valence-electron chi connectivity index (χ3n) is 2.93. The molecule has 0 spiro atoms. The standard InChI is InChI=1S/C13H14N2O6S/c1-2-21-12(17)7-14-11(16)8-15-13(18)9-5-3-4-6-10(9)22(15,19)20/h3-6H,2,7-8H2,1H3,(H,14,16). The molecule has 0 bridgehead atoms. The van der Waals surface area contributed by atoms with Crippen LogP contribution in [0.5, 0.6) is 0 Å². The van der Waals surface area contributed by atoms with Crippen LogP contribution in [-0.4, -0.2) is 50.2 Å². The molecule has 9 heteroatoms. The quantitative estimate of drug-likeness (QED) is 0.731. The van der Waals surface area contributed by atoms with Gasteiger partial charge in [-0.3, -0.25) is 14.4 Å². The molecule has 0 saturated heterocycles. The Labute approximate surface area is 127 Å². The number of nitrogens with zero attached hydrogens (tertiary/aromatic N) is 1. The lowest BCUT2D eigenvalue weighted by Gasteiger charge is -2.14. The number of hydrogen-bond acceptors (Lipinski definition) is 6. The zero-order chi connectivity index (χ0) is 16.3. The van der Waals surface area contributed by atoms with Crippen LogP contribution < -0.4 is 5.32 Å². The molecular formula is C13H14N2O6S. The summed E-state index contributed by atoms with van der Waals surface area (Å²) in [6.45, 7) is 0.715. The molecule has 0 unspecified atom stereocenters. The first-order valence-corrected chi connectivity index (χ1v) is 7.90. The van der Waals surface area contributed by atoms with Crippen LogP contribution in [0, 0.1) is 0 Å². The number of hydrogen-bond donors (Lipinski definition) is 1. The molecule has 1 aromatic rings. The number of sulfonamides is 1. The van der Waals surface area contributed by atoms with E-state index in [9.17, 15) is 22.8 Å². The Hall–Kier alpha value is -2.42. The average molecular weight is 326 g/mol. The second-order valence-corrected chi connectivity index (χ2v) is 6.23. The highest BCUT2D eigenvalue weighted by molar-refractivity contribution is 7.90. The van der Waals surface area contributed by atoms with E-state index in [-0.39, 0.29) is 23.6 Å². The molecule has 0 fully saturated rings. The SMILES string of the molecule is CCOC(=O)CNC(=O)CN1C(=O)c2ccccc2S1(=O)=O. The summed E-state index contributed by atoms with van der Waals surface area (Å²) >= 11 is 0. The first kappa shape index (κ1) is 16.0. The lowest BCUT2D eigenvalue weighted by molar-refractivity contribution is -0.143. The van der Waals surface area contributed by atoms with E-state index in [2.05, 4.69) is 10.1 Å². The van der Waals surface area contributed by atoms with E-state index in [0.717, 1.165) is 0 Å². The molecule has 1 aliphatic heterocycles. The molecule has 1 N–H and O–H groups in total. The van der Waals surface area contributed by atoms with Crippen LogP contribution in [0.15, 0.2) is 29.2 Å². The number of nitrogens with one attached hydrogen (secondary N) is 1. The molecule has 2 rings (SSSR count). The van der Waals surface area contributed by atoms with Crippen LogP contribution in [0.3, 0.4) is 0 Å². The van der Waals surface area contributed by atoms with Crippen molar-refractivity contribution >= 4 is 27.8 Å². The van der Waals surface area contributed by atoms with Gasteiger partial charge in [0.25, 0.3) is 15.9 Å². The third kappa shape index (κ3) is 2.93. The van der Waals surface area contributed by atoms with Gasteiger partial charge in [-0.25, -0.2) is 12.7 Å². The van der Waals surface area contributed by atoms with Crippen molar-refractivity contribution in [1.82, 2.24) is 9.62 Å². The average Bonchev–Trinajstić information content (AvgIpc) is 2.67. The Kier molecular flexibility index (Phi) is 4.45. The first-order chi connectivity index (χ1) is 10.4. The van der Waals surface area contributed by atoms with Crippen LogP contribution in [0.1, 0.15) is 17.3 Å². The maximum Gasteiger partial charge on any atom is 0.325 e. The fourth-order valence-corrected chi connectivity index (χ4v) is 3.48. The van der Waals surface area contributed by atoms with Crippen LogP contribution in [0.2, 0.25) is 0 Å². The van der Waals surface area contributed by atoms with Gasteiger partial charge in [0, 0.05) is 0 Å². The predicted octanol–water partition coefficient (Wildman–Crippen LogP) is -0.490. The molecule has 118 valence electrons. The van der Waals surface area contributed by atoms with Crippen molar-refractivity contribution in [2.24, 2.45) is 0 Å². The summed E-state index contributed by atoms with van der Waals surface area (Å²) in [7, 11) is -4.03. The molecule has 0 atom stereocenters. The minimum absolute atomic E-state index is 0.0284. The van der Waals surface area contributed by atoms with E-state index < -0.39 is 34.4 Å². The number of esters is 1. The van der Waals surface area contributed by atoms with Crippen LogP contribution in [-0.2, 0) is 24.3 Å². The molecule has 0 aromatic heterocycles. The van der Waals surface area contributed by atoms with Crippen LogP contribution >= 0.6 is 0 Å². The number of carbonyl (C=O) groups is 3. The Bertz CT molecular complexity index is 728. The van der Waals surface area contributed by atoms with Gasteiger partial charge in [-0.2, -0.15) is 0 Å². The van der Waals surface area contributed by atoms with Gasteiger partial charge in [-0.1, -0.05) is 12.1 Å². The maximum atomic E-state index is 12.2. The van der Waals surface area contributed by atoms with Crippen LogP contribution in [0.4, 0.5) is 0 Å². The molecule has 8 nitrogen and oxygen atoms in total. The largest absolute Gasteiger partial charge is 0.465 e. The smallest absolute Gasteiger partial charge is 0.325 e. The van der Waals surface area contributed by atoms with Gasteiger partial charge in [-0.15, -0.1) is 0 Å².